The van der Waals surface area contributed by atoms with Crippen LogP contribution in [0.1, 0.15) is 13.8 Å². The molecule has 0 spiro atoms. The minimum atomic E-state index is 0.132. The van der Waals surface area contributed by atoms with Gasteiger partial charge in [0.05, 0.1) is 19.8 Å². The molecule has 0 amide bonds. The number of benzene rings is 1. The fourth-order valence-electron chi connectivity index (χ4n) is 2.46. The summed E-state index contributed by atoms with van der Waals surface area (Å²) in [6.45, 7) is 9.17. The maximum atomic E-state index is 5.43. The smallest absolute Gasteiger partial charge is 0.171 e. The Kier molecular flexibility index (Phi) is 5.98. The molecule has 0 unspecified atom stereocenters. The van der Waals surface area contributed by atoms with Gasteiger partial charge in [0.1, 0.15) is 18.6 Å². The van der Waals surface area contributed by atoms with Crippen molar-refractivity contribution < 1.29 is 9.64 Å². The Morgan fingerprint density at radius 2 is 2.10 bits per heavy atom. The SMILES string of the molecule is CC(C)(CNC(=S)Nc1cccc(Br)c1)[NH+]1CCOCC1. The molecular formula is C15H23BrN3OS+. The minimum absolute atomic E-state index is 0.132. The largest absolute Gasteiger partial charge is 0.370 e. The van der Waals surface area contributed by atoms with E-state index < -0.39 is 0 Å². The van der Waals surface area contributed by atoms with Crippen molar-refractivity contribution in [1.82, 2.24) is 5.32 Å². The Bertz CT molecular complexity index is 490. The number of hydrogen-bond donors (Lipinski definition) is 3. The normalized spacial score (nSPS) is 16.5. The summed E-state index contributed by atoms with van der Waals surface area (Å²) in [5.41, 5.74) is 1.12. The highest BCUT2D eigenvalue weighted by atomic mass is 79.9. The second-order valence-electron chi connectivity index (χ2n) is 5.92. The Labute approximate surface area is 140 Å². The lowest BCUT2D eigenvalue weighted by Gasteiger charge is -2.37. The summed E-state index contributed by atoms with van der Waals surface area (Å²) in [6.07, 6.45) is 0. The van der Waals surface area contributed by atoms with Gasteiger partial charge in [-0.1, -0.05) is 22.0 Å². The maximum Gasteiger partial charge on any atom is 0.171 e. The number of quaternary nitrogens is 1. The van der Waals surface area contributed by atoms with Crippen LogP contribution in [-0.4, -0.2) is 43.5 Å². The van der Waals surface area contributed by atoms with Gasteiger partial charge in [-0.15, -0.1) is 0 Å². The third-order valence-electron chi connectivity index (χ3n) is 3.83. The van der Waals surface area contributed by atoms with E-state index in [4.69, 9.17) is 17.0 Å². The highest BCUT2D eigenvalue weighted by Gasteiger charge is 2.32. The van der Waals surface area contributed by atoms with Crippen molar-refractivity contribution >= 4 is 38.9 Å². The van der Waals surface area contributed by atoms with Gasteiger partial charge in [-0.3, -0.25) is 0 Å². The fourth-order valence-corrected chi connectivity index (χ4v) is 3.05. The number of anilines is 1. The van der Waals surface area contributed by atoms with E-state index in [1.54, 1.807) is 4.90 Å². The highest BCUT2D eigenvalue weighted by molar-refractivity contribution is 9.10. The lowest BCUT2D eigenvalue weighted by atomic mass is 10.0. The fraction of sp³-hybridized carbons (Fsp3) is 0.533. The van der Waals surface area contributed by atoms with Crippen LogP contribution in [0.25, 0.3) is 0 Å². The number of ether oxygens (including phenoxy) is 1. The number of morpholine rings is 1. The van der Waals surface area contributed by atoms with E-state index in [2.05, 4.69) is 40.4 Å². The third kappa shape index (κ3) is 5.21. The molecule has 1 aromatic carbocycles. The van der Waals surface area contributed by atoms with Crippen LogP contribution < -0.4 is 15.5 Å². The number of nitrogens with one attached hydrogen (secondary N) is 3. The van der Waals surface area contributed by atoms with Crippen LogP contribution in [0.3, 0.4) is 0 Å². The lowest BCUT2D eigenvalue weighted by Crippen LogP contribution is -3.22. The summed E-state index contributed by atoms with van der Waals surface area (Å²) >= 11 is 8.83. The van der Waals surface area contributed by atoms with Gasteiger partial charge in [0.25, 0.3) is 0 Å². The maximum absolute atomic E-state index is 5.43. The van der Waals surface area contributed by atoms with Crippen molar-refractivity contribution in [2.75, 3.05) is 38.2 Å². The summed E-state index contributed by atoms with van der Waals surface area (Å²) in [7, 11) is 0. The first-order valence-electron chi connectivity index (χ1n) is 7.21. The van der Waals surface area contributed by atoms with Gasteiger partial charge in [0.2, 0.25) is 0 Å². The van der Waals surface area contributed by atoms with Crippen molar-refractivity contribution in [1.29, 1.82) is 0 Å². The topological polar surface area (TPSA) is 37.7 Å². The molecule has 0 atom stereocenters. The predicted octanol–water partition coefficient (Wildman–Crippen LogP) is 1.43. The Hall–Kier alpha value is -0.690. The zero-order valence-corrected chi connectivity index (χ0v) is 14.9. The molecule has 1 aliphatic rings. The van der Waals surface area contributed by atoms with Crippen LogP contribution in [0.5, 0.6) is 0 Å². The highest BCUT2D eigenvalue weighted by Crippen LogP contribution is 2.15. The zero-order valence-electron chi connectivity index (χ0n) is 12.5. The molecule has 4 nitrogen and oxygen atoms in total. The molecule has 3 N–H and O–H groups in total. The molecule has 6 heteroatoms. The molecule has 2 rings (SSSR count). The quantitative estimate of drug-likeness (QED) is 0.699. The van der Waals surface area contributed by atoms with Gasteiger partial charge in [0.15, 0.2) is 5.11 Å². The van der Waals surface area contributed by atoms with Crippen LogP contribution in [0, 0.1) is 0 Å². The van der Waals surface area contributed by atoms with E-state index >= 15 is 0 Å². The Morgan fingerprint density at radius 1 is 1.38 bits per heavy atom. The Balaban J connectivity index is 1.82. The van der Waals surface area contributed by atoms with Crippen LogP contribution in [0.2, 0.25) is 0 Å². The zero-order chi connectivity index (χ0) is 15.3. The number of hydrogen-bond acceptors (Lipinski definition) is 2. The predicted molar refractivity (Wildman–Crippen MR) is 94.0 cm³/mol. The number of thiocarbonyl (C=S) groups is 1. The average molecular weight is 373 g/mol. The van der Waals surface area contributed by atoms with Gasteiger partial charge in [-0.25, -0.2) is 0 Å². The lowest BCUT2D eigenvalue weighted by molar-refractivity contribution is -0.954. The summed E-state index contributed by atoms with van der Waals surface area (Å²) in [5.74, 6) is 0. The molecule has 21 heavy (non-hydrogen) atoms. The molecule has 1 heterocycles. The second-order valence-corrected chi connectivity index (χ2v) is 7.24. The Morgan fingerprint density at radius 3 is 2.76 bits per heavy atom. The third-order valence-corrected chi connectivity index (χ3v) is 4.57. The van der Waals surface area contributed by atoms with Gasteiger partial charge >= 0.3 is 0 Å². The molecule has 0 bridgehead atoms. The first-order valence-corrected chi connectivity index (χ1v) is 8.41. The van der Waals surface area contributed by atoms with Gasteiger partial charge in [-0.05, 0) is 44.3 Å². The molecule has 1 saturated heterocycles. The van der Waals surface area contributed by atoms with E-state index in [-0.39, 0.29) is 5.54 Å². The first-order chi connectivity index (χ1) is 9.97. The van der Waals surface area contributed by atoms with Gasteiger partial charge in [-0.2, -0.15) is 0 Å². The summed E-state index contributed by atoms with van der Waals surface area (Å²) < 4.78 is 6.46. The molecule has 0 aromatic heterocycles. The van der Waals surface area contributed by atoms with Crippen molar-refractivity contribution in [2.24, 2.45) is 0 Å². The van der Waals surface area contributed by atoms with Gasteiger partial charge in [0, 0.05) is 10.2 Å². The minimum Gasteiger partial charge on any atom is -0.370 e. The molecule has 0 aliphatic carbocycles. The van der Waals surface area contributed by atoms with Crippen LogP contribution in [-0.2, 0) is 4.74 Å². The van der Waals surface area contributed by atoms with E-state index in [1.807, 2.05) is 24.3 Å². The second kappa shape index (κ2) is 7.54. The molecule has 1 aromatic rings. The van der Waals surface area contributed by atoms with Crippen molar-refractivity contribution in [3.8, 4) is 0 Å². The molecule has 0 saturated carbocycles. The van der Waals surface area contributed by atoms with Crippen molar-refractivity contribution in [3.05, 3.63) is 28.7 Å². The van der Waals surface area contributed by atoms with E-state index in [1.165, 1.54) is 0 Å². The average Bonchev–Trinajstić information content (AvgIpc) is 2.46. The molecular weight excluding hydrogens is 350 g/mol. The van der Waals surface area contributed by atoms with E-state index in [9.17, 15) is 0 Å². The first kappa shape index (κ1) is 16.7. The number of halogens is 1. The van der Waals surface area contributed by atoms with E-state index in [0.717, 1.165) is 43.0 Å². The van der Waals surface area contributed by atoms with Crippen LogP contribution >= 0.6 is 28.1 Å². The van der Waals surface area contributed by atoms with Gasteiger partial charge < -0.3 is 20.3 Å². The monoisotopic (exact) mass is 372 g/mol. The number of rotatable bonds is 4. The molecule has 116 valence electrons. The summed E-state index contributed by atoms with van der Waals surface area (Å²) in [6, 6.07) is 7.98. The summed E-state index contributed by atoms with van der Waals surface area (Å²) in [4.78, 5) is 1.56. The molecule has 0 radical (unpaired) electrons. The summed E-state index contributed by atoms with van der Waals surface area (Å²) in [5, 5.41) is 7.21. The standard InChI is InChI=1S/C15H22BrN3OS/c1-15(2,19-6-8-20-9-7-19)11-17-14(21)18-13-5-3-4-12(16)10-13/h3-5,10H,6-9,11H2,1-2H3,(H2,17,18,21)/p+1. The van der Waals surface area contributed by atoms with Crippen molar-refractivity contribution in [3.63, 3.8) is 0 Å². The van der Waals surface area contributed by atoms with E-state index in [0.29, 0.717) is 5.11 Å². The van der Waals surface area contributed by atoms with Crippen LogP contribution in [0.15, 0.2) is 28.7 Å². The van der Waals surface area contributed by atoms with Crippen molar-refractivity contribution in [2.45, 2.75) is 19.4 Å². The molecule has 1 aliphatic heterocycles. The van der Waals surface area contributed by atoms with Crippen LogP contribution in [0.4, 0.5) is 5.69 Å². The molecule has 1 fully saturated rings.